The number of rotatable bonds is 5. The van der Waals surface area contributed by atoms with Gasteiger partial charge in [0.1, 0.15) is 0 Å². The summed E-state index contributed by atoms with van der Waals surface area (Å²) in [4.78, 5) is 26.7. The van der Waals surface area contributed by atoms with Gasteiger partial charge in [0.25, 0.3) is 0 Å². The normalized spacial score (nSPS) is 22.1. The first-order valence-electron chi connectivity index (χ1n) is 8.86. The zero-order valence-electron chi connectivity index (χ0n) is 14.1. The lowest BCUT2D eigenvalue weighted by Crippen LogP contribution is -2.47. The Kier molecular flexibility index (Phi) is 5.59. The van der Waals surface area contributed by atoms with E-state index in [0.29, 0.717) is 6.54 Å². The maximum atomic E-state index is 12.5. The minimum absolute atomic E-state index is 0.0613. The number of carbonyl (C=O) groups excluding carboxylic acids is 2. The second kappa shape index (κ2) is 7.68. The Hall–Kier alpha value is -1.36. The van der Waals surface area contributed by atoms with Gasteiger partial charge in [-0.05, 0) is 56.7 Å². The molecule has 0 radical (unpaired) electrons. The first kappa shape index (κ1) is 17.5. The van der Waals surface area contributed by atoms with E-state index in [2.05, 4.69) is 33.4 Å². The Bertz CT molecular complexity index is 598. The van der Waals surface area contributed by atoms with Gasteiger partial charge in [0.05, 0.1) is 5.92 Å². The number of amides is 2. The van der Waals surface area contributed by atoms with Crippen LogP contribution in [0.2, 0.25) is 0 Å². The molecule has 1 N–H and O–H groups in total. The molecule has 1 saturated heterocycles. The van der Waals surface area contributed by atoms with Crippen molar-refractivity contribution in [1.29, 1.82) is 0 Å². The Morgan fingerprint density at radius 3 is 2.58 bits per heavy atom. The van der Waals surface area contributed by atoms with Gasteiger partial charge in [-0.1, -0.05) is 28.1 Å². The van der Waals surface area contributed by atoms with Crippen molar-refractivity contribution < 1.29 is 9.59 Å². The van der Waals surface area contributed by atoms with Gasteiger partial charge in [0.15, 0.2) is 0 Å². The van der Waals surface area contributed by atoms with Crippen LogP contribution in [0.25, 0.3) is 0 Å². The van der Waals surface area contributed by atoms with Gasteiger partial charge in [0, 0.05) is 29.5 Å². The van der Waals surface area contributed by atoms with Crippen molar-refractivity contribution >= 4 is 27.7 Å². The molecule has 2 aliphatic rings. The molecule has 2 atom stereocenters. The van der Waals surface area contributed by atoms with Crippen molar-refractivity contribution in [2.75, 3.05) is 13.1 Å². The van der Waals surface area contributed by atoms with Crippen LogP contribution in [0.1, 0.15) is 38.2 Å². The fraction of sp³-hybridized carbons (Fsp3) is 0.579. The van der Waals surface area contributed by atoms with Crippen LogP contribution in [0.15, 0.2) is 28.7 Å². The van der Waals surface area contributed by atoms with E-state index in [1.165, 1.54) is 5.56 Å². The largest absolute Gasteiger partial charge is 0.353 e. The molecule has 2 fully saturated rings. The molecule has 0 aromatic heterocycles. The number of hydrogen-bond acceptors (Lipinski definition) is 2. The average Bonchev–Trinajstić information content (AvgIpc) is 3.41. The number of benzene rings is 1. The third kappa shape index (κ3) is 4.59. The highest BCUT2D eigenvalue weighted by atomic mass is 79.9. The fourth-order valence-electron chi connectivity index (χ4n) is 3.37. The lowest BCUT2D eigenvalue weighted by atomic mass is 9.96. The first-order valence-corrected chi connectivity index (χ1v) is 9.66. The first-order chi connectivity index (χ1) is 11.5. The smallest absolute Gasteiger partial charge is 0.225 e. The molecular weight excluding hydrogens is 368 g/mol. The zero-order valence-corrected chi connectivity index (χ0v) is 15.7. The van der Waals surface area contributed by atoms with Crippen LogP contribution in [0, 0.1) is 11.8 Å². The number of nitrogens with zero attached hydrogens (tertiary/aromatic N) is 1. The van der Waals surface area contributed by atoms with E-state index in [0.717, 1.165) is 43.1 Å². The van der Waals surface area contributed by atoms with Gasteiger partial charge in [-0.2, -0.15) is 0 Å². The molecule has 1 heterocycles. The molecular formula is C19H25BrN2O2. The SMILES string of the molecule is CC(Cc1ccc(Br)cc1)NC(=O)C1CCCN(C(=O)C2CC2)C1. The summed E-state index contributed by atoms with van der Waals surface area (Å²) in [6, 6.07) is 8.28. The van der Waals surface area contributed by atoms with Gasteiger partial charge < -0.3 is 10.2 Å². The molecule has 2 unspecified atom stereocenters. The van der Waals surface area contributed by atoms with Crippen molar-refractivity contribution in [1.82, 2.24) is 10.2 Å². The monoisotopic (exact) mass is 392 g/mol. The van der Waals surface area contributed by atoms with E-state index >= 15 is 0 Å². The number of piperidine rings is 1. The third-order valence-corrected chi connectivity index (χ3v) is 5.40. The van der Waals surface area contributed by atoms with Crippen LogP contribution in [0.3, 0.4) is 0 Å². The second-order valence-electron chi connectivity index (χ2n) is 7.14. The summed E-state index contributed by atoms with van der Waals surface area (Å²) in [5.74, 6) is 0.528. The lowest BCUT2D eigenvalue weighted by Gasteiger charge is -2.32. The summed E-state index contributed by atoms with van der Waals surface area (Å²) < 4.78 is 1.06. The molecule has 5 heteroatoms. The molecule has 1 aliphatic carbocycles. The van der Waals surface area contributed by atoms with Crippen molar-refractivity contribution in [2.45, 2.75) is 45.1 Å². The van der Waals surface area contributed by atoms with E-state index in [4.69, 9.17) is 0 Å². The number of likely N-dealkylation sites (tertiary alicyclic amines) is 1. The van der Waals surface area contributed by atoms with Crippen LogP contribution < -0.4 is 5.32 Å². The van der Waals surface area contributed by atoms with E-state index in [1.54, 1.807) is 0 Å². The molecule has 1 aromatic rings. The fourth-order valence-corrected chi connectivity index (χ4v) is 3.63. The highest BCUT2D eigenvalue weighted by Gasteiger charge is 2.36. The Morgan fingerprint density at radius 1 is 1.21 bits per heavy atom. The zero-order chi connectivity index (χ0) is 17.1. The maximum absolute atomic E-state index is 12.5. The maximum Gasteiger partial charge on any atom is 0.225 e. The van der Waals surface area contributed by atoms with Crippen molar-refractivity contribution in [3.8, 4) is 0 Å². The molecule has 0 bridgehead atoms. The molecule has 4 nitrogen and oxygen atoms in total. The summed E-state index contributed by atoms with van der Waals surface area (Å²) in [5, 5.41) is 3.13. The molecule has 0 spiro atoms. The van der Waals surface area contributed by atoms with Crippen LogP contribution in [0.5, 0.6) is 0 Å². The highest BCUT2D eigenvalue weighted by Crippen LogP contribution is 2.32. The van der Waals surface area contributed by atoms with E-state index < -0.39 is 0 Å². The van der Waals surface area contributed by atoms with Gasteiger partial charge in [-0.3, -0.25) is 9.59 Å². The van der Waals surface area contributed by atoms with Gasteiger partial charge in [-0.15, -0.1) is 0 Å². The standard InChI is InChI=1S/C19H25BrN2O2/c1-13(11-14-4-8-17(20)9-5-14)21-18(23)16-3-2-10-22(12-16)19(24)15-6-7-15/h4-5,8-9,13,15-16H,2-3,6-7,10-12H2,1H3,(H,21,23). The molecule has 3 rings (SSSR count). The minimum Gasteiger partial charge on any atom is -0.353 e. The van der Waals surface area contributed by atoms with Crippen molar-refractivity contribution in [3.05, 3.63) is 34.3 Å². The van der Waals surface area contributed by atoms with Crippen molar-refractivity contribution in [3.63, 3.8) is 0 Å². The molecule has 24 heavy (non-hydrogen) atoms. The summed E-state index contributed by atoms with van der Waals surface area (Å²) >= 11 is 3.43. The summed E-state index contributed by atoms with van der Waals surface area (Å²) in [6.07, 6.45) is 4.67. The second-order valence-corrected chi connectivity index (χ2v) is 8.05. The number of carbonyl (C=O) groups is 2. The molecule has 1 saturated carbocycles. The molecule has 2 amide bonds. The molecule has 130 valence electrons. The van der Waals surface area contributed by atoms with Crippen LogP contribution in [-0.2, 0) is 16.0 Å². The predicted molar refractivity (Wildman–Crippen MR) is 97.5 cm³/mol. The van der Waals surface area contributed by atoms with Gasteiger partial charge in [0.2, 0.25) is 11.8 Å². The van der Waals surface area contributed by atoms with E-state index in [9.17, 15) is 9.59 Å². The Balaban J connectivity index is 1.49. The van der Waals surface area contributed by atoms with Gasteiger partial charge in [-0.25, -0.2) is 0 Å². The topological polar surface area (TPSA) is 49.4 Å². The predicted octanol–water partition coefficient (Wildman–Crippen LogP) is 3.14. The van der Waals surface area contributed by atoms with E-state index in [1.807, 2.05) is 24.0 Å². The van der Waals surface area contributed by atoms with Gasteiger partial charge >= 0.3 is 0 Å². The van der Waals surface area contributed by atoms with Crippen LogP contribution in [0.4, 0.5) is 0 Å². The van der Waals surface area contributed by atoms with Crippen molar-refractivity contribution in [2.24, 2.45) is 11.8 Å². The summed E-state index contributed by atoms with van der Waals surface area (Å²) in [5.41, 5.74) is 1.21. The van der Waals surface area contributed by atoms with Crippen LogP contribution in [-0.4, -0.2) is 35.8 Å². The average molecular weight is 393 g/mol. The lowest BCUT2D eigenvalue weighted by molar-refractivity contribution is -0.136. The highest BCUT2D eigenvalue weighted by molar-refractivity contribution is 9.10. The minimum atomic E-state index is -0.0613. The quantitative estimate of drug-likeness (QED) is 0.836. The number of nitrogens with one attached hydrogen (secondary N) is 1. The van der Waals surface area contributed by atoms with Crippen LogP contribution >= 0.6 is 15.9 Å². The Labute approximate surface area is 152 Å². The third-order valence-electron chi connectivity index (χ3n) is 4.87. The van der Waals surface area contributed by atoms with E-state index in [-0.39, 0.29) is 29.7 Å². The number of halogens is 1. The molecule has 1 aliphatic heterocycles. The summed E-state index contributed by atoms with van der Waals surface area (Å²) in [7, 11) is 0. The summed E-state index contributed by atoms with van der Waals surface area (Å²) in [6.45, 7) is 3.44. The Morgan fingerprint density at radius 2 is 1.92 bits per heavy atom. The number of hydrogen-bond donors (Lipinski definition) is 1. The molecule has 1 aromatic carbocycles.